The number of nitrogens with zero attached hydrogens (tertiary/aromatic N) is 3. The Morgan fingerprint density at radius 1 is 1.02 bits per heavy atom. The smallest absolute Gasteiger partial charge is 0.337 e. The molecular formula is C47H70N4O6. The van der Waals surface area contributed by atoms with Gasteiger partial charge in [-0.2, -0.15) is 5.10 Å². The van der Waals surface area contributed by atoms with Gasteiger partial charge in [0.25, 0.3) is 0 Å². The van der Waals surface area contributed by atoms with Gasteiger partial charge in [-0.15, -0.1) is 0 Å². The molecule has 57 heavy (non-hydrogen) atoms. The zero-order valence-corrected chi connectivity index (χ0v) is 36.8. The molecule has 2 heterocycles. The molecule has 1 saturated heterocycles. The lowest BCUT2D eigenvalue weighted by molar-refractivity contribution is -0.255. The Morgan fingerprint density at radius 3 is 2.32 bits per heavy atom. The lowest BCUT2D eigenvalue weighted by Crippen LogP contribution is -2.70. The standard InChI is InChI=1S/C47H70N4O6/c1-28(2)29(3)43(8)21-22-44(9)32-17-18-35-42(7)23-34(51-38(49-27-50-51)30-13-15-31(16-14-30)40(54)55-12)37(57-25-46(11,48)41(4,5)6)47(35,26-56-24-42)33(32)19-20-45(44,10)36(43)39(52)53/h13-16,19,27-29,32,34-37H,17-18,20-26,48H2,1-12H3,(H,52,53)/t29-,32+,34-,35-,36-,37+,42-,43-,44-,45+,46+,47+/m1/s1. The van der Waals surface area contributed by atoms with Crippen LogP contribution in [-0.4, -0.2) is 70.4 Å². The summed E-state index contributed by atoms with van der Waals surface area (Å²) < 4.78 is 21.3. The molecule has 4 fully saturated rings. The fourth-order valence-electron chi connectivity index (χ4n) is 13.1. The molecule has 2 aromatic rings. The molecular weight excluding hydrogens is 717 g/mol. The van der Waals surface area contributed by atoms with E-state index >= 15 is 0 Å². The van der Waals surface area contributed by atoms with Crippen molar-refractivity contribution in [3.63, 3.8) is 0 Å². The van der Waals surface area contributed by atoms with Crippen molar-refractivity contribution in [3.8, 4) is 11.4 Å². The molecule has 314 valence electrons. The quantitative estimate of drug-likeness (QED) is 0.188. The fraction of sp³-hybridized carbons (Fsp3) is 0.745. The second kappa shape index (κ2) is 14.0. The van der Waals surface area contributed by atoms with Crippen LogP contribution in [0.5, 0.6) is 0 Å². The van der Waals surface area contributed by atoms with Gasteiger partial charge in [0, 0.05) is 16.5 Å². The minimum absolute atomic E-state index is 0.175. The lowest BCUT2D eigenvalue weighted by atomic mass is 9.34. The third-order valence-corrected chi connectivity index (χ3v) is 17.7. The second-order valence-electron chi connectivity index (χ2n) is 21.6. The van der Waals surface area contributed by atoms with Gasteiger partial charge >= 0.3 is 11.9 Å². The summed E-state index contributed by atoms with van der Waals surface area (Å²) in [5.74, 6) is 0.333. The zero-order chi connectivity index (χ0) is 41.7. The lowest BCUT2D eigenvalue weighted by Gasteiger charge is -2.71. The van der Waals surface area contributed by atoms with Gasteiger partial charge in [0.2, 0.25) is 0 Å². The van der Waals surface area contributed by atoms with Crippen molar-refractivity contribution in [3.05, 3.63) is 47.8 Å². The number of methoxy groups -OCH3 is 1. The number of benzene rings is 1. The van der Waals surface area contributed by atoms with E-state index in [2.05, 4.69) is 86.9 Å². The van der Waals surface area contributed by atoms with Gasteiger partial charge in [-0.25, -0.2) is 14.5 Å². The van der Waals surface area contributed by atoms with E-state index in [1.165, 1.54) is 12.7 Å². The number of carboxylic acids is 1. The largest absolute Gasteiger partial charge is 0.481 e. The molecule has 2 bridgehead atoms. The molecule has 5 aliphatic rings. The molecule has 1 aromatic heterocycles. The molecule has 3 N–H and O–H groups in total. The predicted octanol–water partition coefficient (Wildman–Crippen LogP) is 9.01. The average Bonchev–Trinajstić information content (AvgIpc) is 3.63. The minimum atomic E-state index is -0.655. The van der Waals surface area contributed by atoms with Crippen LogP contribution < -0.4 is 5.73 Å². The number of ether oxygens (including phenoxy) is 3. The number of hydrogen-bond acceptors (Lipinski definition) is 8. The zero-order valence-electron chi connectivity index (χ0n) is 36.8. The van der Waals surface area contributed by atoms with E-state index < -0.39 is 28.3 Å². The maximum Gasteiger partial charge on any atom is 0.337 e. The van der Waals surface area contributed by atoms with Gasteiger partial charge in [-0.05, 0) is 108 Å². The van der Waals surface area contributed by atoms with Crippen molar-refractivity contribution in [2.45, 2.75) is 132 Å². The van der Waals surface area contributed by atoms with Crippen molar-refractivity contribution < 1.29 is 28.9 Å². The number of esters is 1. The SMILES string of the molecule is COC(=O)c1ccc(-c2ncnn2[C@@H]2C[C@]3(C)COC[C@@]4(C5=CC[C@@]6(C)[C@H](C(=O)O)[C@@](C)([C@H](C)C(C)C)CC[C@]6(C)[C@H]5CC[C@H]34)[C@H]2OC[C@](C)(N)C(C)(C)C)cc1. The summed E-state index contributed by atoms with van der Waals surface area (Å²) in [5.41, 5.74) is 7.35. The highest BCUT2D eigenvalue weighted by molar-refractivity contribution is 5.89. The number of fused-ring (bicyclic) bond motifs is 3. The third-order valence-electron chi connectivity index (χ3n) is 17.7. The second-order valence-corrected chi connectivity index (χ2v) is 21.6. The molecule has 4 aliphatic carbocycles. The molecule has 1 aliphatic heterocycles. The average molecular weight is 787 g/mol. The van der Waals surface area contributed by atoms with Gasteiger partial charge in [0.15, 0.2) is 5.82 Å². The van der Waals surface area contributed by atoms with Gasteiger partial charge in [0.1, 0.15) is 6.33 Å². The number of carboxylic acid groups (broad SMARTS) is 1. The van der Waals surface area contributed by atoms with Crippen molar-refractivity contribution >= 4 is 11.9 Å². The first-order valence-corrected chi connectivity index (χ1v) is 21.5. The van der Waals surface area contributed by atoms with Crippen LogP contribution >= 0.6 is 0 Å². The van der Waals surface area contributed by atoms with E-state index in [1.807, 2.05) is 12.1 Å². The van der Waals surface area contributed by atoms with Crippen LogP contribution in [0, 0.1) is 62.1 Å². The summed E-state index contributed by atoms with van der Waals surface area (Å²) in [4.78, 5) is 30.9. The molecule has 10 heteroatoms. The summed E-state index contributed by atoms with van der Waals surface area (Å²) >= 11 is 0. The molecule has 10 nitrogen and oxygen atoms in total. The van der Waals surface area contributed by atoms with Crippen molar-refractivity contribution in [2.75, 3.05) is 26.9 Å². The highest BCUT2D eigenvalue weighted by atomic mass is 16.5. The number of nitrogens with two attached hydrogens (primary N) is 1. The number of carbonyl (C=O) groups excluding carboxylic acids is 1. The summed E-state index contributed by atoms with van der Waals surface area (Å²) in [6.45, 7) is 26.3. The normalized spacial score (nSPS) is 39.2. The fourth-order valence-corrected chi connectivity index (χ4v) is 13.1. The number of hydrogen-bond donors (Lipinski definition) is 2. The third kappa shape index (κ3) is 6.10. The van der Waals surface area contributed by atoms with Crippen LogP contribution in [0.3, 0.4) is 0 Å². The van der Waals surface area contributed by atoms with Crippen LogP contribution in [0.4, 0.5) is 0 Å². The molecule has 1 aromatic carbocycles. The number of carbonyl (C=O) groups is 2. The number of rotatable bonds is 9. The summed E-state index contributed by atoms with van der Waals surface area (Å²) in [6.07, 6.45) is 9.17. The maximum atomic E-state index is 13.7. The van der Waals surface area contributed by atoms with Crippen LogP contribution in [-0.2, 0) is 19.0 Å². The summed E-state index contributed by atoms with van der Waals surface area (Å²) in [7, 11) is 1.39. The van der Waals surface area contributed by atoms with Gasteiger partial charge in [0.05, 0.1) is 50.6 Å². The van der Waals surface area contributed by atoms with Crippen molar-refractivity contribution in [1.29, 1.82) is 0 Å². The molecule has 0 spiro atoms. The van der Waals surface area contributed by atoms with Crippen LogP contribution in [0.2, 0.25) is 0 Å². The molecule has 7 rings (SSSR count). The first-order chi connectivity index (χ1) is 26.5. The van der Waals surface area contributed by atoms with Crippen molar-refractivity contribution in [2.24, 2.45) is 67.8 Å². The first-order valence-electron chi connectivity index (χ1n) is 21.5. The number of aliphatic carboxylic acids is 1. The Hall–Kier alpha value is -3.08. The Labute approximate surface area is 341 Å². The number of allylic oxidation sites excluding steroid dienone is 1. The minimum Gasteiger partial charge on any atom is -0.481 e. The topological polar surface area (TPSA) is 139 Å². The van der Waals surface area contributed by atoms with Crippen LogP contribution in [0.25, 0.3) is 11.4 Å². The Kier molecular flexibility index (Phi) is 10.3. The molecule has 0 unspecified atom stereocenters. The Balaban J connectivity index is 1.39. The molecule has 0 amide bonds. The molecule has 0 radical (unpaired) electrons. The first kappa shape index (κ1) is 42.1. The summed E-state index contributed by atoms with van der Waals surface area (Å²) in [5, 5.41) is 16.2. The van der Waals surface area contributed by atoms with Crippen molar-refractivity contribution in [1.82, 2.24) is 14.8 Å². The van der Waals surface area contributed by atoms with E-state index in [1.54, 1.807) is 18.5 Å². The monoisotopic (exact) mass is 787 g/mol. The van der Waals surface area contributed by atoms with Crippen LogP contribution in [0.1, 0.15) is 131 Å². The van der Waals surface area contributed by atoms with E-state index in [-0.39, 0.29) is 51.6 Å². The van der Waals surface area contributed by atoms with Gasteiger partial charge in [-0.1, -0.05) is 93.0 Å². The van der Waals surface area contributed by atoms with E-state index in [4.69, 9.17) is 30.0 Å². The Bertz CT molecular complexity index is 1900. The molecule has 3 saturated carbocycles. The highest BCUT2D eigenvalue weighted by Crippen LogP contribution is 2.75. The molecule has 12 atom stereocenters. The summed E-state index contributed by atoms with van der Waals surface area (Å²) in [6, 6.07) is 7.17. The maximum absolute atomic E-state index is 13.7. The van der Waals surface area contributed by atoms with E-state index in [0.29, 0.717) is 49.5 Å². The van der Waals surface area contributed by atoms with Gasteiger partial charge in [-0.3, -0.25) is 4.79 Å². The number of aromatic nitrogens is 3. The Morgan fingerprint density at radius 2 is 1.70 bits per heavy atom. The predicted molar refractivity (Wildman–Crippen MR) is 221 cm³/mol. The highest BCUT2D eigenvalue weighted by Gasteiger charge is 2.73. The van der Waals surface area contributed by atoms with Crippen LogP contribution in [0.15, 0.2) is 42.2 Å². The van der Waals surface area contributed by atoms with Gasteiger partial charge < -0.3 is 25.1 Å². The van der Waals surface area contributed by atoms with E-state index in [9.17, 15) is 14.7 Å². The van der Waals surface area contributed by atoms with E-state index in [0.717, 1.165) is 37.7 Å².